The number of anilines is 2. The Balaban J connectivity index is 0.000000176. The lowest BCUT2D eigenvalue weighted by molar-refractivity contribution is -0.115. The number of nitrogens with one attached hydrogen (secondary N) is 1. The van der Waals surface area contributed by atoms with Crippen LogP contribution >= 0.6 is 15.9 Å². The Bertz CT molecular complexity index is 1520. The molecule has 6 rings (SSSR count). The highest BCUT2D eigenvalue weighted by molar-refractivity contribution is 9.09. The molecule has 2 aliphatic carbocycles. The number of methoxy groups -OCH3 is 2. The maximum Gasteiger partial charge on any atom is 0.225 e. The fourth-order valence-corrected chi connectivity index (χ4v) is 6.80. The molecule has 0 aromatic heterocycles. The highest BCUT2D eigenvalue weighted by Gasteiger charge is 2.25. The molecule has 2 aliphatic rings. The molecule has 0 saturated heterocycles. The van der Waals surface area contributed by atoms with Crippen LogP contribution in [0.3, 0.4) is 0 Å². The first-order chi connectivity index (χ1) is 20.9. The molecule has 1 amide bonds. The van der Waals surface area contributed by atoms with Gasteiger partial charge in [0.1, 0.15) is 11.5 Å². The van der Waals surface area contributed by atoms with E-state index in [1.54, 1.807) is 14.2 Å². The number of amides is 1. The quantitative estimate of drug-likeness (QED) is 0.146. The molecular weight excluding hydrogens is 600 g/mol. The van der Waals surface area contributed by atoms with Crippen LogP contribution in [0.4, 0.5) is 11.4 Å². The topological polar surface area (TPSA) is 73.6 Å². The van der Waals surface area contributed by atoms with Crippen LogP contribution in [0.25, 0.3) is 0 Å². The second-order valence-electron chi connectivity index (χ2n) is 11.6. The lowest BCUT2D eigenvalue weighted by atomic mass is 9.96. The van der Waals surface area contributed by atoms with E-state index >= 15 is 0 Å². The highest BCUT2D eigenvalue weighted by atomic mass is 79.9. The van der Waals surface area contributed by atoms with Crippen molar-refractivity contribution in [2.24, 2.45) is 11.8 Å². The zero-order chi connectivity index (χ0) is 30.2. The summed E-state index contributed by atoms with van der Waals surface area (Å²) in [5.41, 5.74) is 15.7. The number of rotatable bonds is 9. The van der Waals surface area contributed by atoms with Crippen molar-refractivity contribution in [2.45, 2.75) is 44.9 Å². The summed E-state index contributed by atoms with van der Waals surface area (Å²) in [6.45, 7) is 0. The first kappa shape index (κ1) is 30.7. The summed E-state index contributed by atoms with van der Waals surface area (Å²) in [4.78, 5) is 11.6. The van der Waals surface area contributed by atoms with Crippen molar-refractivity contribution in [1.82, 2.24) is 0 Å². The van der Waals surface area contributed by atoms with Crippen LogP contribution in [0.5, 0.6) is 11.5 Å². The molecule has 2 unspecified atom stereocenters. The predicted molar refractivity (Wildman–Crippen MR) is 180 cm³/mol. The number of alkyl halides is 1. The van der Waals surface area contributed by atoms with Crippen LogP contribution in [-0.4, -0.2) is 25.5 Å². The molecule has 0 fully saturated rings. The normalized spacial score (nSPS) is 16.4. The molecule has 0 spiro atoms. The Kier molecular flexibility index (Phi) is 10.4. The highest BCUT2D eigenvalue weighted by Crippen LogP contribution is 2.36. The van der Waals surface area contributed by atoms with Gasteiger partial charge in [-0.1, -0.05) is 64.5 Å². The number of nitrogen functional groups attached to an aromatic ring is 1. The Hall–Kier alpha value is -3.77. The van der Waals surface area contributed by atoms with E-state index in [-0.39, 0.29) is 5.91 Å². The molecule has 4 aromatic carbocycles. The maximum atomic E-state index is 11.6. The fraction of sp³-hybridized carbons (Fsp3) is 0.324. The average molecular weight is 642 g/mol. The van der Waals surface area contributed by atoms with Crippen LogP contribution < -0.4 is 20.5 Å². The van der Waals surface area contributed by atoms with Gasteiger partial charge in [0.15, 0.2) is 0 Å². The monoisotopic (exact) mass is 640 g/mol. The van der Waals surface area contributed by atoms with E-state index < -0.39 is 0 Å². The third-order valence-electron chi connectivity index (χ3n) is 8.49. The largest absolute Gasteiger partial charge is 0.496 e. The molecule has 2 atom stereocenters. The SMILES string of the molecule is COc1cccc2c1CC(Cc1ccc(N)cc1)C2.COc1cccc2c1CC(Cc1ccc(NC(=O)CCBr)cc1)C2. The van der Waals surface area contributed by atoms with Gasteiger partial charge in [0.05, 0.1) is 14.2 Å². The number of hydrogen-bond acceptors (Lipinski definition) is 4. The molecular formula is C37H41BrN2O3. The summed E-state index contributed by atoms with van der Waals surface area (Å²) in [7, 11) is 3.49. The molecule has 6 heteroatoms. The van der Waals surface area contributed by atoms with Crippen molar-refractivity contribution in [3.8, 4) is 11.5 Å². The van der Waals surface area contributed by atoms with Gasteiger partial charge in [-0.25, -0.2) is 0 Å². The summed E-state index contributed by atoms with van der Waals surface area (Å²) in [5.74, 6) is 3.38. The van der Waals surface area contributed by atoms with Gasteiger partial charge in [-0.05, 0) is 120 Å². The molecule has 224 valence electrons. The number of halogens is 1. The molecule has 0 saturated carbocycles. The van der Waals surface area contributed by atoms with E-state index in [2.05, 4.69) is 75.8 Å². The van der Waals surface area contributed by atoms with Gasteiger partial charge >= 0.3 is 0 Å². The van der Waals surface area contributed by atoms with E-state index in [0.717, 1.165) is 61.4 Å². The van der Waals surface area contributed by atoms with Crippen LogP contribution in [-0.2, 0) is 43.3 Å². The Morgan fingerprint density at radius 1 is 0.744 bits per heavy atom. The molecule has 0 aliphatic heterocycles. The molecule has 0 bridgehead atoms. The summed E-state index contributed by atoms with van der Waals surface area (Å²) in [5, 5.41) is 3.59. The number of carbonyl (C=O) groups is 1. The molecule has 0 heterocycles. The number of ether oxygens (including phenoxy) is 2. The van der Waals surface area contributed by atoms with Crippen molar-refractivity contribution in [3.05, 3.63) is 118 Å². The molecule has 3 N–H and O–H groups in total. The Morgan fingerprint density at radius 3 is 1.70 bits per heavy atom. The molecule has 4 aromatic rings. The van der Waals surface area contributed by atoms with Crippen molar-refractivity contribution in [1.29, 1.82) is 0 Å². The van der Waals surface area contributed by atoms with Gasteiger partial charge in [0.25, 0.3) is 0 Å². The lowest BCUT2D eigenvalue weighted by Crippen LogP contribution is -2.11. The van der Waals surface area contributed by atoms with Crippen molar-refractivity contribution < 1.29 is 14.3 Å². The van der Waals surface area contributed by atoms with Gasteiger partial charge in [-0.3, -0.25) is 4.79 Å². The van der Waals surface area contributed by atoms with Crippen molar-refractivity contribution >= 4 is 33.2 Å². The zero-order valence-corrected chi connectivity index (χ0v) is 26.7. The summed E-state index contributed by atoms with van der Waals surface area (Å²) >= 11 is 3.28. The smallest absolute Gasteiger partial charge is 0.225 e. The number of carbonyl (C=O) groups excluding carboxylic acids is 1. The van der Waals surface area contributed by atoms with Crippen molar-refractivity contribution in [2.75, 3.05) is 30.6 Å². The number of nitrogens with two attached hydrogens (primary N) is 1. The summed E-state index contributed by atoms with van der Waals surface area (Å²) in [6, 6.07) is 29.1. The fourth-order valence-electron chi connectivity index (χ4n) is 6.44. The van der Waals surface area contributed by atoms with Gasteiger partial charge in [-0.15, -0.1) is 0 Å². The minimum Gasteiger partial charge on any atom is -0.496 e. The van der Waals surface area contributed by atoms with Gasteiger partial charge in [-0.2, -0.15) is 0 Å². The first-order valence-corrected chi connectivity index (χ1v) is 16.2. The van der Waals surface area contributed by atoms with E-state index in [1.807, 2.05) is 30.3 Å². The number of benzene rings is 4. The second-order valence-corrected chi connectivity index (χ2v) is 12.4. The van der Waals surface area contributed by atoms with Gasteiger partial charge in [0, 0.05) is 23.1 Å². The third kappa shape index (κ3) is 7.99. The van der Waals surface area contributed by atoms with E-state index in [1.165, 1.54) is 33.4 Å². The van der Waals surface area contributed by atoms with E-state index in [4.69, 9.17) is 15.2 Å². The van der Waals surface area contributed by atoms with Crippen LogP contribution in [0, 0.1) is 11.8 Å². The predicted octanol–water partition coefficient (Wildman–Crippen LogP) is 7.61. The summed E-state index contributed by atoms with van der Waals surface area (Å²) in [6.07, 6.45) is 7.09. The molecule has 5 nitrogen and oxygen atoms in total. The van der Waals surface area contributed by atoms with Crippen LogP contribution in [0.15, 0.2) is 84.9 Å². The van der Waals surface area contributed by atoms with Gasteiger partial charge in [0.2, 0.25) is 5.91 Å². The number of fused-ring (bicyclic) bond motifs is 2. The Labute approximate surface area is 263 Å². The minimum absolute atomic E-state index is 0.0398. The van der Waals surface area contributed by atoms with Crippen LogP contribution in [0.2, 0.25) is 0 Å². The third-order valence-corrected chi connectivity index (χ3v) is 8.89. The minimum atomic E-state index is 0.0398. The Morgan fingerprint density at radius 2 is 1.23 bits per heavy atom. The maximum absolute atomic E-state index is 11.6. The second kappa shape index (κ2) is 14.6. The van der Waals surface area contributed by atoms with E-state index in [9.17, 15) is 4.79 Å². The van der Waals surface area contributed by atoms with E-state index in [0.29, 0.717) is 23.6 Å². The summed E-state index contributed by atoms with van der Waals surface area (Å²) < 4.78 is 10.9. The first-order valence-electron chi connectivity index (χ1n) is 15.0. The average Bonchev–Trinajstić information content (AvgIpc) is 3.63. The number of hydrogen-bond donors (Lipinski definition) is 2. The van der Waals surface area contributed by atoms with Gasteiger partial charge < -0.3 is 20.5 Å². The molecule has 0 radical (unpaired) electrons. The van der Waals surface area contributed by atoms with Crippen molar-refractivity contribution in [3.63, 3.8) is 0 Å². The zero-order valence-electron chi connectivity index (χ0n) is 25.1. The standard InChI is InChI=1S/C20H22BrNO2.C17H19NO/c1-24-19-4-2-3-16-12-15(13-18(16)19)11-14-5-7-17(8-6-14)22-20(23)9-10-21;1-19-17-4-2-3-14-10-13(11-16(14)17)9-12-5-7-15(18)8-6-12/h2-8,15H,9-13H2,1H3,(H,22,23);2-8,13H,9-11,18H2,1H3. The van der Waals surface area contributed by atoms with Crippen LogP contribution in [0.1, 0.15) is 39.8 Å². The molecule has 43 heavy (non-hydrogen) atoms. The lowest BCUT2D eigenvalue weighted by Gasteiger charge is -2.10.